The van der Waals surface area contributed by atoms with Crippen LogP contribution in [0.5, 0.6) is 0 Å². The number of esters is 1. The SMILES string of the molecule is CC(C)(C)OC(=O)C[C@H](NC(=O)CNC(=O)CCc1ccc(C(=N)N)cc1)C(=O)NC1(C(=O)O)CCCC1. The Morgan fingerprint density at radius 3 is 2.21 bits per heavy atom. The Morgan fingerprint density at radius 2 is 1.68 bits per heavy atom. The molecule has 0 spiro atoms. The van der Waals surface area contributed by atoms with E-state index in [9.17, 15) is 29.1 Å². The molecule has 0 saturated heterocycles. The first-order valence-corrected chi connectivity index (χ1v) is 12.5. The number of benzene rings is 1. The van der Waals surface area contributed by atoms with Crippen molar-refractivity contribution in [2.45, 2.75) is 82.9 Å². The maximum Gasteiger partial charge on any atom is 0.329 e. The van der Waals surface area contributed by atoms with E-state index in [-0.39, 0.29) is 25.1 Å². The van der Waals surface area contributed by atoms with Gasteiger partial charge >= 0.3 is 11.9 Å². The van der Waals surface area contributed by atoms with Crippen LogP contribution in [0.3, 0.4) is 0 Å². The Bertz CT molecular complexity index is 1060. The molecule has 1 aliphatic carbocycles. The molecule has 7 N–H and O–H groups in total. The van der Waals surface area contributed by atoms with Gasteiger partial charge < -0.3 is 31.5 Å². The molecule has 0 unspecified atom stereocenters. The Morgan fingerprint density at radius 1 is 1.08 bits per heavy atom. The molecule has 208 valence electrons. The number of amidine groups is 1. The number of amides is 3. The van der Waals surface area contributed by atoms with Gasteiger partial charge in [0.1, 0.15) is 23.0 Å². The first-order chi connectivity index (χ1) is 17.7. The molecule has 1 saturated carbocycles. The Hall–Kier alpha value is -3.96. The monoisotopic (exact) mass is 531 g/mol. The van der Waals surface area contributed by atoms with E-state index in [1.807, 2.05) is 0 Å². The molecule has 0 radical (unpaired) electrons. The molecule has 0 aromatic heterocycles. The van der Waals surface area contributed by atoms with Crippen LogP contribution in [0.25, 0.3) is 0 Å². The van der Waals surface area contributed by atoms with E-state index in [0.717, 1.165) is 5.56 Å². The van der Waals surface area contributed by atoms with E-state index in [1.165, 1.54) is 0 Å². The molecule has 1 aliphatic rings. The van der Waals surface area contributed by atoms with Gasteiger partial charge in [-0.05, 0) is 45.6 Å². The van der Waals surface area contributed by atoms with Gasteiger partial charge in [0.15, 0.2) is 0 Å². The molecule has 3 amide bonds. The number of aryl methyl sites for hydroxylation is 1. The second-order valence-corrected chi connectivity index (χ2v) is 10.4. The van der Waals surface area contributed by atoms with Crippen molar-refractivity contribution < 1.29 is 33.8 Å². The largest absolute Gasteiger partial charge is 0.480 e. The summed E-state index contributed by atoms with van der Waals surface area (Å²) in [6.07, 6.45) is 1.73. The molecule has 0 aliphatic heterocycles. The summed E-state index contributed by atoms with van der Waals surface area (Å²) in [6, 6.07) is 5.49. The lowest BCUT2D eigenvalue weighted by atomic mass is 9.97. The molecular weight excluding hydrogens is 494 g/mol. The third kappa shape index (κ3) is 9.49. The summed E-state index contributed by atoms with van der Waals surface area (Å²) in [6.45, 7) is 4.53. The number of carboxylic acids is 1. The van der Waals surface area contributed by atoms with E-state index in [1.54, 1.807) is 45.0 Å². The molecule has 12 heteroatoms. The minimum Gasteiger partial charge on any atom is -0.480 e. The van der Waals surface area contributed by atoms with Crippen LogP contribution in [0.1, 0.15) is 70.4 Å². The summed E-state index contributed by atoms with van der Waals surface area (Å²) in [5.41, 5.74) is 4.57. The van der Waals surface area contributed by atoms with Gasteiger partial charge in [-0.2, -0.15) is 0 Å². The van der Waals surface area contributed by atoms with Crippen molar-refractivity contribution in [3.63, 3.8) is 0 Å². The number of carboxylic acid groups (broad SMARTS) is 1. The predicted octanol–water partition coefficient (Wildman–Crippen LogP) is 0.750. The van der Waals surface area contributed by atoms with Gasteiger partial charge in [0.2, 0.25) is 17.7 Å². The number of hydrogen-bond acceptors (Lipinski definition) is 7. The molecule has 2 rings (SSSR count). The zero-order valence-corrected chi connectivity index (χ0v) is 22.0. The van der Waals surface area contributed by atoms with Crippen molar-refractivity contribution in [3.8, 4) is 0 Å². The van der Waals surface area contributed by atoms with Crippen molar-refractivity contribution >= 4 is 35.5 Å². The number of nitrogens with one attached hydrogen (secondary N) is 4. The van der Waals surface area contributed by atoms with E-state index in [0.29, 0.717) is 24.8 Å². The highest BCUT2D eigenvalue weighted by atomic mass is 16.6. The third-order valence-electron chi connectivity index (χ3n) is 6.02. The van der Waals surface area contributed by atoms with Gasteiger partial charge in [-0.25, -0.2) is 4.79 Å². The molecule has 0 heterocycles. The minimum absolute atomic E-state index is 0.0552. The lowest BCUT2D eigenvalue weighted by molar-refractivity contribution is -0.157. The quantitative estimate of drug-likeness (QED) is 0.129. The summed E-state index contributed by atoms with van der Waals surface area (Å²) in [5.74, 6) is -3.90. The minimum atomic E-state index is -1.45. The van der Waals surface area contributed by atoms with Crippen LogP contribution >= 0.6 is 0 Å². The number of ether oxygens (including phenoxy) is 1. The topological polar surface area (TPSA) is 201 Å². The maximum absolute atomic E-state index is 13.0. The van der Waals surface area contributed by atoms with E-state index >= 15 is 0 Å². The summed E-state index contributed by atoms with van der Waals surface area (Å²) in [4.78, 5) is 62.0. The molecule has 1 aromatic rings. The van der Waals surface area contributed by atoms with Crippen molar-refractivity contribution in [1.82, 2.24) is 16.0 Å². The highest BCUT2D eigenvalue weighted by Gasteiger charge is 2.44. The van der Waals surface area contributed by atoms with Crippen molar-refractivity contribution in [1.29, 1.82) is 5.41 Å². The normalized spacial score (nSPS) is 15.1. The van der Waals surface area contributed by atoms with Crippen molar-refractivity contribution in [2.24, 2.45) is 5.73 Å². The fourth-order valence-electron chi connectivity index (χ4n) is 4.07. The van der Waals surface area contributed by atoms with Crippen LogP contribution in [0, 0.1) is 5.41 Å². The number of carbonyl (C=O) groups is 5. The summed E-state index contributed by atoms with van der Waals surface area (Å²) in [5, 5.41) is 24.5. The van der Waals surface area contributed by atoms with E-state index < -0.39 is 59.8 Å². The number of carbonyl (C=O) groups excluding carboxylic acids is 4. The van der Waals surface area contributed by atoms with Gasteiger partial charge in [0.25, 0.3) is 0 Å². The second kappa shape index (κ2) is 13.0. The maximum atomic E-state index is 13.0. The first-order valence-electron chi connectivity index (χ1n) is 12.5. The fraction of sp³-hybridized carbons (Fsp3) is 0.538. The summed E-state index contributed by atoms with van der Waals surface area (Å²) < 4.78 is 5.26. The van der Waals surface area contributed by atoms with Crippen LogP contribution in [-0.4, -0.2) is 64.3 Å². The van der Waals surface area contributed by atoms with Crippen LogP contribution in [0.4, 0.5) is 0 Å². The van der Waals surface area contributed by atoms with Gasteiger partial charge in [0.05, 0.1) is 13.0 Å². The van der Waals surface area contributed by atoms with Gasteiger partial charge in [-0.15, -0.1) is 0 Å². The van der Waals surface area contributed by atoms with Crippen LogP contribution < -0.4 is 21.7 Å². The third-order valence-corrected chi connectivity index (χ3v) is 6.02. The van der Waals surface area contributed by atoms with E-state index in [4.69, 9.17) is 15.9 Å². The van der Waals surface area contributed by atoms with E-state index in [2.05, 4.69) is 16.0 Å². The number of nitrogen functional groups attached to an aromatic ring is 1. The van der Waals surface area contributed by atoms with Crippen LogP contribution in [-0.2, 0) is 35.1 Å². The van der Waals surface area contributed by atoms with Crippen molar-refractivity contribution in [3.05, 3.63) is 35.4 Å². The summed E-state index contributed by atoms with van der Waals surface area (Å²) >= 11 is 0. The van der Waals surface area contributed by atoms with Gasteiger partial charge in [-0.1, -0.05) is 37.1 Å². The first kappa shape index (κ1) is 30.3. The average Bonchev–Trinajstić information content (AvgIpc) is 3.30. The molecule has 1 fully saturated rings. The smallest absolute Gasteiger partial charge is 0.329 e. The zero-order valence-electron chi connectivity index (χ0n) is 22.0. The van der Waals surface area contributed by atoms with Gasteiger partial charge in [0, 0.05) is 12.0 Å². The average molecular weight is 532 g/mol. The number of nitrogens with two attached hydrogens (primary N) is 1. The molecule has 0 bridgehead atoms. The Balaban J connectivity index is 1.96. The lowest BCUT2D eigenvalue weighted by Crippen LogP contribution is -2.59. The predicted molar refractivity (Wildman–Crippen MR) is 138 cm³/mol. The molecule has 1 atom stereocenters. The van der Waals surface area contributed by atoms with Crippen molar-refractivity contribution in [2.75, 3.05) is 6.54 Å². The zero-order chi connectivity index (χ0) is 28.5. The van der Waals surface area contributed by atoms with Crippen LogP contribution in [0.2, 0.25) is 0 Å². The lowest BCUT2D eigenvalue weighted by Gasteiger charge is -2.28. The highest BCUT2D eigenvalue weighted by molar-refractivity contribution is 5.96. The van der Waals surface area contributed by atoms with Gasteiger partial charge in [-0.3, -0.25) is 24.6 Å². The molecule has 38 heavy (non-hydrogen) atoms. The Kier molecular flexibility index (Phi) is 10.4. The standard InChI is InChI=1S/C26H37N5O7/c1-25(2,3)38-21(34)14-18(23(35)31-26(24(36)37)12-4-5-13-26)30-20(33)15-29-19(32)11-8-16-6-9-17(10-7-16)22(27)28/h6-7,9-10,18H,4-5,8,11-15H2,1-3H3,(H3,27,28)(H,29,32)(H,30,33)(H,31,35)(H,36,37)/t18-/m0/s1. The fourth-order valence-corrected chi connectivity index (χ4v) is 4.07. The molecular formula is C26H37N5O7. The Labute approximate surface area is 221 Å². The number of hydrogen-bond donors (Lipinski definition) is 6. The molecule has 1 aromatic carbocycles. The second-order valence-electron chi connectivity index (χ2n) is 10.4. The summed E-state index contributed by atoms with van der Waals surface area (Å²) in [7, 11) is 0. The number of aliphatic carboxylic acids is 1. The number of rotatable bonds is 12. The van der Waals surface area contributed by atoms with Crippen LogP contribution in [0.15, 0.2) is 24.3 Å². The highest BCUT2D eigenvalue weighted by Crippen LogP contribution is 2.30. The molecule has 12 nitrogen and oxygen atoms in total.